The summed E-state index contributed by atoms with van der Waals surface area (Å²) in [6.45, 7) is 5.26. The average molecular weight is 737 g/mol. The lowest BCUT2D eigenvalue weighted by Crippen LogP contribution is -2.56. The number of nitrogens with zero attached hydrogens (tertiary/aromatic N) is 2. The molecule has 1 aromatic heterocycles. The van der Waals surface area contributed by atoms with Gasteiger partial charge in [-0.25, -0.2) is 14.6 Å². The molecule has 0 saturated carbocycles. The zero-order valence-electron chi connectivity index (χ0n) is 30.6. The molecule has 4 aromatic rings. The van der Waals surface area contributed by atoms with Crippen LogP contribution in [0.4, 0.5) is 4.79 Å². The van der Waals surface area contributed by atoms with Gasteiger partial charge in [-0.05, 0) is 57.0 Å². The summed E-state index contributed by atoms with van der Waals surface area (Å²) in [4.78, 5) is 60.3. The minimum Gasteiger partial charge on any atom is -0.497 e. The van der Waals surface area contributed by atoms with E-state index in [-0.39, 0.29) is 32.4 Å². The van der Waals surface area contributed by atoms with Crippen LogP contribution in [0.3, 0.4) is 0 Å². The quantitative estimate of drug-likeness (QED) is 0.221. The van der Waals surface area contributed by atoms with E-state index in [4.69, 9.17) is 23.9 Å². The molecule has 3 heterocycles. The Labute approximate surface area is 313 Å². The Morgan fingerprint density at radius 2 is 1.80 bits per heavy atom. The van der Waals surface area contributed by atoms with Gasteiger partial charge in [0.1, 0.15) is 53.7 Å². The molecule has 2 aliphatic heterocycles. The number of aromatic nitrogens is 1. The second-order valence-corrected chi connectivity index (χ2v) is 14.2. The van der Waals surface area contributed by atoms with Crippen molar-refractivity contribution in [2.24, 2.45) is 0 Å². The van der Waals surface area contributed by atoms with Crippen LogP contribution in [0.15, 0.2) is 91.0 Å². The topological polar surface area (TPSA) is 166 Å². The Bertz CT molecular complexity index is 2050. The predicted molar refractivity (Wildman–Crippen MR) is 200 cm³/mol. The highest BCUT2D eigenvalue weighted by Crippen LogP contribution is 2.35. The van der Waals surface area contributed by atoms with Crippen molar-refractivity contribution in [3.05, 3.63) is 96.6 Å². The highest BCUT2D eigenvalue weighted by atomic mass is 16.6. The molecule has 3 aromatic carbocycles. The van der Waals surface area contributed by atoms with Gasteiger partial charge in [-0.2, -0.15) is 0 Å². The van der Waals surface area contributed by atoms with Gasteiger partial charge >= 0.3 is 12.1 Å². The minimum absolute atomic E-state index is 0.0113. The fourth-order valence-corrected chi connectivity index (χ4v) is 6.49. The lowest BCUT2D eigenvalue weighted by Gasteiger charge is -2.30. The molecule has 0 spiro atoms. The molecule has 3 N–H and O–H groups in total. The van der Waals surface area contributed by atoms with Crippen LogP contribution in [0, 0.1) is 0 Å². The highest BCUT2D eigenvalue weighted by molar-refractivity contribution is 5.94. The maximum atomic E-state index is 14.6. The molecule has 6 rings (SSSR count). The number of hydrogen-bond acceptors (Lipinski definition) is 9. The fraction of sp³-hybridized carbons (Fsp3) is 0.341. The van der Waals surface area contributed by atoms with E-state index in [9.17, 15) is 24.3 Å². The summed E-state index contributed by atoms with van der Waals surface area (Å²) in [6, 6.07) is 20.4. The molecule has 13 heteroatoms. The third kappa shape index (κ3) is 9.27. The van der Waals surface area contributed by atoms with E-state index in [1.165, 1.54) is 4.90 Å². The van der Waals surface area contributed by atoms with Crippen molar-refractivity contribution in [2.75, 3.05) is 20.3 Å². The van der Waals surface area contributed by atoms with Gasteiger partial charge in [0, 0.05) is 35.9 Å². The first kappa shape index (κ1) is 37.6. The van der Waals surface area contributed by atoms with Crippen LogP contribution in [-0.2, 0) is 25.5 Å². The van der Waals surface area contributed by atoms with E-state index in [1.54, 1.807) is 70.4 Å². The van der Waals surface area contributed by atoms with Gasteiger partial charge in [-0.15, -0.1) is 0 Å². The number of alkyl carbamates (subject to hydrolysis) is 1. The number of hydrogen-bond donors (Lipinski definition) is 3. The average Bonchev–Trinajstić information content (AvgIpc) is 3.56. The first-order valence-electron chi connectivity index (χ1n) is 17.8. The van der Waals surface area contributed by atoms with Gasteiger partial charge in [0.25, 0.3) is 0 Å². The molecular formula is C41H44N4O9. The molecule has 4 atom stereocenters. The number of aliphatic carboxylic acids is 1. The van der Waals surface area contributed by atoms with Crippen molar-refractivity contribution in [1.82, 2.24) is 20.5 Å². The number of nitrogens with one attached hydrogen (secondary N) is 2. The van der Waals surface area contributed by atoms with Gasteiger partial charge < -0.3 is 39.6 Å². The maximum absolute atomic E-state index is 14.6. The summed E-state index contributed by atoms with van der Waals surface area (Å²) in [5.41, 5.74) is 1.98. The molecule has 282 valence electrons. The number of pyridine rings is 1. The van der Waals surface area contributed by atoms with Crippen LogP contribution in [-0.4, -0.2) is 89.0 Å². The normalized spacial score (nSPS) is 21.3. The van der Waals surface area contributed by atoms with E-state index in [1.807, 2.05) is 48.5 Å². The number of carboxylic acid groups (broad SMARTS) is 1. The first-order chi connectivity index (χ1) is 25.9. The van der Waals surface area contributed by atoms with Gasteiger partial charge in [0.05, 0.1) is 24.9 Å². The molecular weight excluding hydrogens is 692 g/mol. The molecule has 3 amide bonds. The molecule has 2 bridgehead atoms. The Hall–Kier alpha value is -6.11. The Balaban J connectivity index is 1.38. The number of carbonyl (C=O) groups excluding carboxylic acids is 3. The number of carboxylic acids is 1. The van der Waals surface area contributed by atoms with Crippen LogP contribution < -0.4 is 24.8 Å². The second kappa shape index (κ2) is 16.3. The predicted octanol–water partition coefficient (Wildman–Crippen LogP) is 5.30. The van der Waals surface area contributed by atoms with Crippen molar-refractivity contribution >= 4 is 34.8 Å². The van der Waals surface area contributed by atoms with Gasteiger partial charge in [-0.3, -0.25) is 9.59 Å². The Morgan fingerprint density at radius 1 is 1.00 bits per heavy atom. The van der Waals surface area contributed by atoms with Crippen LogP contribution in [0.5, 0.6) is 17.2 Å². The second-order valence-electron chi connectivity index (χ2n) is 14.2. The highest BCUT2D eigenvalue weighted by Gasteiger charge is 2.44. The largest absolute Gasteiger partial charge is 0.497 e. The van der Waals surface area contributed by atoms with Crippen LogP contribution in [0.1, 0.15) is 39.2 Å². The first-order valence-corrected chi connectivity index (χ1v) is 17.8. The van der Waals surface area contributed by atoms with Crippen molar-refractivity contribution in [3.63, 3.8) is 0 Å². The third-order valence-electron chi connectivity index (χ3n) is 9.02. The molecule has 2 aliphatic rings. The van der Waals surface area contributed by atoms with Gasteiger partial charge in [0.15, 0.2) is 0 Å². The van der Waals surface area contributed by atoms with Crippen LogP contribution in [0.2, 0.25) is 0 Å². The summed E-state index contributed by atoms with van der Waals surface area (Å²) < 4.78 is 23.5. The smallest absolute Gasteiger partial charge is 0.408 e. The minimum atomic E-state index is -1.27. The summed E-state index contributed by atoms with van der Waals surface area (Å²) in [5.74, 6) is -0.840. The van der Waals surface area contributed by atoms with Crippen molar-refractivity contribution < 1.29 is 43.2 Å². The lowest BCUT2D eigenvalue weighted by atomic mass is 10.0. The molecule has 0 aliphatic carbocycles. The van der Waals surface area contributed by atoms with Gasteiger partial charge in [0.2, 0.25) is 11.8 Å². The van der Waals surface area contributed by atoms with E-state index in [2.05, 4.69) is 10.6 Å². The monoisotopic (exact) mass is 736 g/mol. The zero-order chi connectivity index (χ0) is 38.4. The lowest BCUT2D eigenvalue weighted by molar-refractivity contribution is -0.144. The summed E-state index contributed by atoms with van der Waals surface area (Å²) >= 11 is 0. The number of carbonyl (C=O) groups is 4. The molecule has 1 saturated heterocycles. The molecule has 54 heavy (non-hydrogen) atoms. The molecule has 13 nitrogen and oxygen atoms in total. The molecule has 0 unspecified atom stereocenters. The van der Waals surface area contributed by atoms with E-state index >= 15 is 0 Å². The number of amides is 3. The number of benzene rings is 3. The van der Waals surface area contributed by atoms with E-state index < -0.39 is 53.7 Å². The Morgan fingerprint density at radius 3 is 2.54 bits per heavy atom. The fourth-order valence-electron chi connectivity index (χ4n) is 6.49. The number of rotatable bonds is 6. The van der Waals surface area contributed by atoms with E-state index in [0.717, 1.165) is 5.56 Å². The standard InChI is InChI=1S/C41H44N4O9/c1-41(2,3)54-40(50)44-34-20-25-11-10-14-28(19-25)52-18-9-8-15-31(39(48)49)43-37(46)35-22-29(24-45(35)38(34)47)53-36-23-32(26-12-6-5-7-13-26)42-33-21-27(51-4)16-17-30(33)36/h5-14,16-17,19,21,23,29,31,34-35H,15,18,20,22,24H2,1-4H3,(H,43,46)(H,44,50)(H,48,49)/b9-8-/t29-,31-,34-,35+/m1/s1. The number of ether oxygens (including phenoxy) is 4. The summed E-state index contributed by atoms with van der Waals surface area (Å²) in [6.07, 6.45) is 1.89. The SMILES string of the molecule is COc1ccc2c(O[C@@H]3C[C@H]4C(=O)N[C@@H](C(=O)O)C/C=C\COc5cccc(c5)C[C@@H](NC(=O)OC(C)(C)C)C(=O)N4C3)cc(-c3ccccc3)nc2c1. The number of methoxy groups -OCH3 is 1. The summed E-state index contributed by atoms with van der Waals surface area (Å²) in [5, 5.41) is 16.0. The van der Waals surface area contributed by atoms with Crippen LogP contribution >= 0.6 is 0 Å². The maximum Gasteiger partial charge on any atom is 0.408 e. The summed E-state index contributed by atoms with van der Waals surface area (Å²) in [7, 11) is 1.57. The van der Waals surface area contributed by atoms with Crippen molar-refractivity contribution in [1.29, 1.82) is 0 Å². The number of fused-ring (bicyclic) bond motifs is 4. The third-order valence-corrected chi connectivity index (χ3v) is 9.02. The zero-order valence-corrected chi connectivity index (χ0v) is 30.6. The Kier molecular flexibility index (Phi) is 11.3. The molecule has 0 radical (unpaired) electrons. The molecule has 1 fully saturated rings. The van der Waals surface area contributed by atoms with Crippen LogP contribution in [0.25, 0.3) is 22.2 Å². The van der Waals surface area contributed by atoms with Gasteiger partial charge in [-0.1, -0.05) is 54.6 Å². The van der Waals surface area contributed by atoms with Crippen molar-refractivity contribution in [2.45, 2.75) is 69.9 Å². The van der Waals surface area contributed by atoms with Crippen molar-refractivity contribution in [3.8, 4) is 28.5 Å². The van der Waals surface area contributed by atoms with E-state index in [0.29, 0.717) is 39.4 Å².